The van der Waals surface area contributed by atoms with E-state index in [-0.39, 0.29) is 31.1 Å². The van der Waals surface area contributed by atoms with Crippen LogP contribution in [0.4, 0.5) is 0 Å². The van der Waals surface area contributed by atoms with E-state index in [1.165, 1.54) is 6.92 Å². The normalized spacial score (nSPS) is 30.8. The third-order valence-corrected chi connectivity index (χ3v) is 8.42. The van der Waals surface area contributed by atoms with Gasteiger partial charge in [-0.05, 0) is 57.5 Å². The predicted octanol–water partition coefficient (Wildman–Crippen LogP) is 0.247. The number of carbonyl (C=O) groups is 3. The zero-order valence-corrected chi connectivity index (χ0v) is 21.0. The number of piperidine rings is 1. The smallest absolute Gasteiger partial charge is 0.326 e. The number of aliphatic hydroxyl groups is 2. The number of esters is 1. The van der Waals surface area contributed by atoms with Crippen molar-refractivity contribution >= 4 is 17.8 Å². The Hall–Kier alpha value is -3.15. The van der Waals surface area contributed by atoms with Crippen LogP contribution in [-0.2, 0) is 31.0 Å². The molecule has 1 aromatic rings. The van der Waals surface area contributed by atoms with Gasteiger partial charge in [0.05, 0.1) is 18.1 Å². The number of nitrogens with zero attached hydrogens (tertiary/aromatic N) is 1. The van der Waals surface area contributed by atoms with Crippen molar-refractivity contribution in [3.8, 4) is 11.5 Å². The number of nitrogens with one attached hydrogen (secondary N) is 1. The number of hydrogen-bond acceptors (Lipinski definition) is 9. The lowest BCUT2D eigenvalue weighted by Gasteiger charge is -2.61. The van der Waals surface area contributed by atoms with Crippen LogP contribution in [0.3, 0.4) is 0 Å². The van der Waals surface area contributed by atoms with E-state index in [1.807, 2.05) is 19.2 Å². The number of likely N-dealkylation sites (N-methyl/N-ethyl adjacent to an activating group) is 1. The fourth-order valence-corrected chi connectivity index (χ4v) is 6.58. The minimum atomic E-state index is -1.38. The number of carboxylic acids is 1. The van der Waals surface area contributed by atoms with Gasteiger partial charge in [0.25, 0.3) is 0 Å². The van der Waals surface area contributed by atoms with Crippen molar-refractivity contribution in [1.29, 1.82) is 0 Å². The number of amides is 1. The van der Waals surface area contributed by atoms with Gasteiger partial charge in [-0.3, -0.25) is 9.59 Å². The van der Waals surface area contributed by atoms with Gasteiger partial charge in [-0.1, -0.05) is 6.07 Å². The standard InChI is InChI=1S/C26H32N2O9/c1-13(29)23(31)27-15(24(32)33)5-7-19(30)36-17-8-9-26(34)18-12-14-4-6-16(35-3)21-20(14)25(26,22(17)37-21)10-11-28(18)2/h4,6,8,13,15,18,22,29,34H,5,7,9-12H2,1-3H3,(H,27,31)(H,32,33)/t13-,15-,18+,22?,25-,26+/m0/s1. The van der Waals surface area contributed by atoms with Crippen molar-refractivity contribution in [3.63, 3.8) is 0 Å². The second-order valence-corrected chi connectivity index (χ2v) is 10.4. The summed E-state index contributed by atoms with van der Waals surface area (Å²) in [5.74, 6) is -1.46. The van der Waals surface area contributed by atoms with Crippen molar-refractivity contribution in [1.82, 2.24) is 10.2 Å². The van der Waals surface area contributed by atoms with Gasteiger partial charge in [-0.2, -0.15) is 0 Å². The molecule has 11 nitrogen and oxygen atoms in total. The van der Waals surface area contributed by atoms with Gasteiger partial charge < -0.3 is 39.7 Å². The van der Waals surface area contributed by atoms with Gasteiger partial charge in [0.1, 0.15) is 17.9 Å². The van der Waals surface area contributed by atoms with Gasteiger partial charge in [0.2, 0.25) is 5.91 Å². The molecule has 4 N–H and O–H groups in total. The summed E-state index contributed by atoms with van der Waals surface area (Å²) in [4.78, 5) is 38.3. The summed E-state index contributed by atoms with van der Waals surface area (Å²) in [6, 6.07) is 2.37. The van der Waals surface area contributed by atoms with Gasteiger partial charge in [-0.25, -0.2) is 4.79 Å². The molecule has 0 radical (unpaired) electrons. The molecule has 1 fully saturated rings. The molecule has 2 bridgehead atoms. The number of methoxy groups -OCH3 is 1. The van der Waals surface area contributed by atoms with Crippen LogP contribution >= 0.6 is 0 Å². The van der Waals surface area contributed by atoms with Crippen LogP contribution < -0.4 is 14.8 Å². The number of likely N-dealkylation sites (tertiary alicyclic amines) is 1. The SMILES string of the molecule is COc1ccc2c3c1OC1C(OC(=O)CC[C@H](NC(=O)[C@H](C)O)C(=O)O)=CC[C@@]4(O)[C@@H](C2)N(C)CC[C@]314. The zero-order valence-electron chi connectivity index (χ0n) is 21.0. The van der Waals surface area contributed by atoms with Crippen molar-refractivity contribution in [2.24, 2.45) is 0 Å². The Morgan fingerprint density at radius 2 is 2.08 bits per heavy atom. The number of rotatable bonds is 8. The zero-order chi connectivity index (χ0) is 26.7. The lowest BCUT2D eigenvalue weighted by molar-refractivity contribution is -0.169. The monoisotopic (exact) mass is 516 g/mol. The molecule has 1 unspecified atom stereocenters. The molecule has 2 heterocycles. The third-order valence-electron chi connectivity index (χ3n) is 8.42. The van der Waals surface area contributed by atoms with E-state index < -0.39 is 47.1 Å². The van der Waals surface area contributed by atoms with E-state index in [9.17, 15) is 29.7 Å². The summed E-state index contributed by atoms with van der Waals surface area (Å²) in [6.07, 6.45) is 0.586. The van der Waals surface area contributed by atoms with Crippen LogP contribution in [-0.4, -0.2) is 88.7 Å². The van der Waals surface area contributed by atoms with E-state index in [0.29, 0.717) is 24.3 Å². The fraction of sp³-hybridized carbons (Fsp3) is 0.577. The first-order chi connectivity index (χ1) is 17.5. The Kier molecular flexibility index (Phi) is 6.20. The molecule has 0 saturated carbocycles. The van der Waals surface area contributed by atoms with Crippen molar-refractivity contribution in [2.45, 2.75) is 74.3 Å². The Bertz CT molecular complexity index is 1180. The Labute approximate surface area is 214 Å². The molecule has 2 aliphatic carbocycles. The molecular weight excluding hydrogens is 484 g/mol. The molecule has 6 atom stereocenters. The molecule has 1 amide bonds. The number of carbonyl (C=O) groups excluding carboxylic acids is 2. The van der Waals surface area contributed by atoms with Crippen LogP contribution in [0.15, 0.2) is 24.0 Å². The highest BCUT2D eigenvalue weighted by Gasteiger charge is 2.72. The Balaban J connectivity index is 1.41. The highest BCUT2D eigenvalue weighted by Crippen LogP contribution is 2.65. The number of benzene rings is 1. The first-order valence-electron chi connectivity index (χ1n) is 12.4. The molecule has 37 heavy (non-hydrogen) atoms. The molecule has 1 spiro atoms. The Morgan fingerprint density at radius 3 is 2.76 bits per heavy atom. The van der Waals surface area contributed by atoms with E-state index in [2.05, 4.69) is 10.2 Å². The average Bonchev–Trinajstić information content (AvgIpc) is 3.21. The Morgan fingerprint density at radius 1 is 1.32 bits per heavy atom. The molecule has 1 saturated heterocycles. The van der Waals surface area contributed by atoms with E-state index >= 15 is 0 Å². The predicted molar refractivity (Wildman–Crippen MR) is 128 cm³/mol. The second-order valence-electron chi connectivity index (χ2n) is 10.4. The molecular formula is C26H32N2O9. The molecule has 11 heteroatoms. The maximum absolute atomic E-state index is 12.8. The van der Waals surface area contributed by atoms with Crippen LogP contribution in [0, 0.1) is 0 Å². The summed E-state index contributed by atoms with van der Waals surface area (Å²) in [6.45, 7) is 1.95. The molecule has 4 aliphatic rings. The highest BCUT2D eigenvalue weighted by atomic mass is 16.6. The molecule has 0 aromatic heterocycles. The molecule has 1 aromatic carbocycles. The minimum absolute atomic E-state index is 0.137. The molecule has 2 aliphatic heterocycles. The van der Waals surface area contributed by atoms with Gasteiger partial charge in [0.15, 0.2) is 17.6 Å². The first kappa shape index (κ1) is 25.5. The van der Waals surface area contributed by atoms with E-state index in [4.69, 9.17) is 14.2 Å². The maximum atomic E-state index is 12.8. The van der Waals surface area contributed by atoms with Crippen LogP contribution in [0.5, 0.6) is 11.5 Å². The average molecular weight is 517 g/mol. The van der Waals surface area contributed by atoms with E-state index in [0.717, 1.165) is 17.7 Å². The fourth-order valence-electron chi connectivity index (χ4n) is 6.58. The van der Waals surface area contributed by atoms with Crippen LogP contribution in [0.2, 0.25) is 0 Å². The largest absolute Gasteiger partial charge is 0.493 e. The summed E-state index contributed by atoms with van der Waals surface area (Å²) >= 11 is 0. The highest BCUT2D eigenvalue weighted by molar-refractivity contribution is 5.86. The molecule has 5 rings (SSSR count). The van der Waals surface area contributed by atoms with Gasteiger partial charge in [-0.15, -0.1) is 0 Å². The summed E-state index contributed by atoms with van der Waals surface area (Å²) in [7, 11) is 3.56. The number of hydrogen-bond donors (Lipinski definition) is 4. The van der Waals surface area contributed by atoms with Crippen molar-refractivity contribution < 1.29 is 43.9 Å². The topological polar surface area (TPSA) is 155 Å². The van der Waals surface area contributed by atoms with E-state index in [1.54, 1.807) is 13.2 Å². The summed E-state index contributed by atoms with van der Waals surface area (Å²) < 4.78 is 17.7. The molecule has 200 valence electrons. The summed E-state index contributed by atoms with van der Waals surface area (Å²) in [5.41, 5.74) is 0.0356. The number of aliphatic carboxylic acids is 1. The van der Waals surface area contributed by atoms with Crippen molar-refractivity contribution in [3.05, 3.63) is 35.1 Å². The quantitative estimate of drug-likeness (QED) is 0.353. The van der Waals surface area contributed by atoms with Crippen molar-refractivity contribution in [2.75, 3.05) is 20.7 Å². The lowest BCUT2D eigenvalue weighted by atomic mass is 9.50. The number of ether oxygens (including phenoxy) is 3. The van der Waals surface area contributed by atoms with Crippen LogP contribution in [0.1, 0.15) is 43.7 Å². The van der Waals surface area contributed by atoms with Gasteiger partial charge >= 0.3 is 11.9 Å². The second kappa shape index (κ2) is 9.00. The third kappa shape index (κ3) is 3.71. The maximum Gasteiger partial charge on any atom is 0.326 e. The lowest BCUT2D eigenvalue weighted by Crippen LogP contribution is -2.74. The minimum Gasteiger partial charge on any atom is -0.493 e. The number of carboxylic acid groups (broad SMARTS) is 1. The summed E-state index contributed by atoms with van der Waals surface area (Å²) in [5, 5.41) is 33.1. The van der Waals surface area contributed by atoms with Crippen LogP contribution in [0.25, 0.3) is 0 Å². The van der Waals surface area contributed by atoms with Gasteiger partial charge in [0, 0.05) is 24.4 Å². The number of aliphatic hydroxyl groups excluding tert-OH is 1. The first-order valence-corrected chi connectivity index (χ1v) is 12.4.